The molecule has 3 aromatic heterocycles. The van der Waals surface area contributed by atoms with Gasteiger partial charge < -0.3 is 0 Å². The molecule has 0 amide bonds. The molecule has 0 unspecified atom stereocenters. The van der Waals surface area contributed by atoms with Crippen molar-refractivity contribution in [2.75, 3.05) is 0 Å². The summed E-state index contributed by atoms with van der Waals surface area (Å²) in [5.41, 5.74) is 14.1. The summed E-state index contributed by atoms with van der Waals surface area (Å²) in [5, 5.41) is 7.13. The monoisotopic (exact) mass is 717 g/mol. The van der Waals surface area contributed by atoms with Gasteiger partial charge >= 0.3 is 0 Å². The first kappa shape index (κ1) is 33.5. The molecule has 10 rings (SSSR count). The van der Waals surface area contributed by atoms with Gasteiger partial charge in [0.1, 0.15) is 5.65 Å². The van der Waals surface area contributed by atoms with E-state index in [1.54, 1.807) is 0 Å². The fourth-order valence-electron chi connectivity index (χ4n) is 8.41. The van der Waals surface area contributed by atoms with E-state index in [-0.39, 0.29) is 0 Å². The topological polar surface area (TPSA) is 30.2 Å². The van der Waals surface area contributed by atoms with Gasteiger partial charge in [0.2, 0.25) is 0 Å². The smallest absolute Gasteiger partial charge is 0.147 e. The number of fused-ring (bicyclic) bond motifs is 9. The molecule has 3 heterocycles. The molecule has 3 heteroatoms. The number of nitrogens with zero attached hydrogens (tertiary/aromatic N) is 3. The third-order valence-corrected chi connectivity index (χ3v) is 11.0. The minimum absolute atomic E-state index is 0.960. The SMILES string of the molecule is C/C=C\C(=C/CC)c1cc(-c2ccc(-c3ccc4c5ccc6ccccc6c5c5nc(-c6ccccc6)c(-c6ccccc6)n5c4c3)cc2)nc2ccccc12. The van der Waals surface area contributed by atoms with Crippen LogP contribution in [0.25, 0.3) is 99.5 Å². The van der Waals surface area contributed by atoms with E-state index < -0.39 is 0 Å². The van der Waals surface area contributed by atoms with Crippen LogP contribution in [0.5, 0.6) is 0 Å². The van der Waals surface area contributed by atoms with Gasteiger partial charge in [-0.1, -0.05) is 177 Å². The van der Waals surface area contributed by atoms with Gasteiger partial charge in [0.15, 0.2) is 0 Å². The maximum Gasteiger partial charge on any atom is 0.147 e. The quantitative estimate of drug-likeness (QED) is 0.121. The summed E-state index contributed by atoms with van der Waals surface area (Å²) >= 11 is 0. The first-order valence-electron chi connectivity index (χ1n) is 19.4. The first-order chi connectivity index (χ1) is 27.7. The number of aromatic nitrogens is 3. The highest BCUT2D eigenvalue weighted by atomic mass is 15.0. The van der Waals surface area contributed by atoms with Crippen LogP contribution in [0.15, 0.2) is 188 Å². The van der Waals surface area contributed by atoms with Crippen LogP contribution in [-0.4, -0.2) is 14.4 Å². The molecule has 0 saturated heterocycles. The van der Waals surface area contributed by atoms with Crippen molar-refractivity contribution in [2.45, 2.75) is 20.3 Å². The van der Waals surface area contributed by atoms with Crippen LogP contribution in [0.3, 0.4) is 0 Å². The van der Waals surface area contributed by atoms with Crippen molar-refractivity contribution in [3.63, 3.8) is 0 Å². The Kier molecular flexibility index (Phi) is 8.34. The van der Waals surface area contributed by atoms with Crippen LogP contribution in [0.4, 0.5) is 0 Å². The lowest BCUT2D eigenvalue weighted by Gasteiger charge is -2.15. The first-order valence-corrected chi connectivity index (χ1v) is 19.4. The van der Waals surface area contributed by atoms with Crippen molar-refractivity contribution in [3.05, 3.63) is 194 Å². The van der Waals surface area contributed by atoms with Gasteiger partial charge in [-0.2, -0.15) is 0 Å². The molecule has 0 bridgehead atoms. The van der Waals surface area contributed by atoms with Crippen molar-refractivity contribution in [1.82, 2.24) is 14.4 Å². The zero-order chi connectivity index (χ0) is 37.6. The number of pyridine rings is 2. The van der Waals surface area contributed by atoms with Crippen molar-refractivity contribution in [3.8, 4) is 44.9 Å². The molecule has 0 spiro atoms. The van der Waals surface area contributed by atoms with Crippen molar-refractivity contribution in [1.29, 1.82) is 0 Å². The van der Waals surface area contributed by atoms with Crippen LogP contribution in [0.2, 0.25) is 0 Å². The van der Waals surface area contributed by atoms with E-state index in [2.05, 4.69) is 206 Å². The van der Waals surface area contributed by atoms with Gasteiger partial charge in [-0.25, -0.2) is 9.97 Å². The zero-order valence-corrected chi connectivity index (χ0v) is 31.4. The van der Waals surface area contributed by atoms with Gasteiger partial charge in [0.25, 0.3) is 0 Å². The Morgan fingerprint density at radius 2 is 1.21 bits per heavy atom. The third kappa shape index (κ3) is 5.59. The summed E-state index contributed by atoms with van der Waals surface area (Å²) in [4.78, 5) is 10.7. The summed E-state index contributed by atoms with van der Waals surface area (Å²) < 4.78 is 2.41. The summed E-state index contributed by atoms with van der Waals surface area (Å²) in [7, 11) is 0. The van der Waals surface area contributed by atoms with E-state index in [9.17, 15) is 0 Å². The third-order valence-electron chi connectivity index (χ3n) is 11.0. The van der Waals surface area contributed by atoms with E-state index in [0.717, 1.165) is 68.0 Å². The number of rotatable bonds is 7. The standard InChI is InChI=1S/C53H39N3/c1-3-15-36(16-4-2)46-34-48(54-47-24-14-13-23-43(46)47)38-27-25-35(26-28-38)41-30-31-44-45-32-29-37-17-11-12-22-42(37)50(45)53-55-51(39-18-7-5-8-19-39)52(56(53)49(44)33-41)40-20-9-6-10-21-40/h3,5-34H,4H2,1-2H3/b15-3-,36-16+. The Morgan fingerprint density at radius 1 is 0.554 bits per heavy atom. The fourth-order valence-corrected chi connectivity index (χ4v) is 8.41. The summed E-state index contributed by atoms with van der Waals surface area (Å²) in [5.74, 6) is 0. The molecule has 10 aromatic rings. The molecule has 0 N–H and O–H groups in total. The van der Waals surface area contributed by atoms with Crippen LogP contribution in [0, 0.1) is 0 Å². The van der Waals surface area contributed by atoms with Gasteiger partial charge in [-0.05, 0) is 70.0 Å². The number of hydrogen-bond donors (Lipinski definition) is 0. The van der Waals surface area contributed by atoms with Crippen molar-refractivity contribution < 1.29 is 0 Å². The van der Waals surface area contributed by atoms with E-state index >= 15 is 0 Å². The normalized spacial score (nSPS) is 12.2. The maximum atomic E-state index is 5.55. The zero-order valence-electron chi connectivity index (χ0n) is 31.4. The molecule has 0 aliphatic rings. The van der Waals surface area contributed by atoms with E-state index in [1.165, 1.54) is 43.5 Å². The fraction of sp³-hybridized carbons (Fsp3) is 0.0566. The highest BCUT2D eigenvalue weighted by molar-refractivity contribution is 6.23. The molecular formula is C53H39N3. The predicted octanol–water partition coefficient (Wildman–Crippen LogP) is 14.4. The summed E-state index contributed by atoms with van der Waals surface area (Å²) in [6.45, 7) is 4.26. The Labute approximate surface area is 326 Å². The lowest BCUT2D eigenvalue weighted by molar-refractivity contribution is 1.23. The van der Waals surface area contributed by atoms with E-state index in [4.69, 9.17) is 9.97 Å². The minimum Gasteiger partial charge on any atom is -0.291 e. The van der Waals surface area contributed by atoms with Gasteiger partial charge in [0.05, 0.1) is 28.1 Å². The number of imidazole rings is 1. The Balaban J connectivity index is 1.20. The second-order valence-electron chi connectivity index (χ2n) is 14.4. The molecule has 7 aromatic carbocycles. The molecule has 56 heavy (non-hydrogen) atoms. The molecule has 266 valence electrons. The predicted molar refractivity (Wildman–Crippen MR) is 238 cm³/mol. The molecule has 0 aliphatic heterocycles. The Hall–Kier alpha value is -7.10. The number of allylic oxidation sites excluding steroid dienone is 4. The van der Waals surface area contributed by atoms with E-state index in [1.807, 2.05) is 0 Å². The largest absolute Gasteiger partial charge is 0.291 e. The van der Waals surface area contributed by atoms with Crippen molar-refractivity contribution >= 4 is 54.6 Å². The second kappa shape index (κ2) is 14.0. The molecule has 0 atom stereocenters. The van der Waals surface area contributed by atoms with Gasteiger partial charge in [0, 0.05) is 32.8 Å². The van der Waals surface area contributed by atoms with Crippen LogP contribution >= 0.6 is 0 Å². The van der Waals surface area contributed by atoms with Gasteiger partial charge in [-0.15, -0.1) is 0 Å². The second-order valence-corrected chi connectivity index (χ2v) is 14.4. The van der Waals surface area contributed by atoms with Crippen molar-refractivity contribution in [2.24, 2.45) is 0 Å². The van der Waals surface area contributed by atoms with Gasteiger partial charge in [-0.3, -0.25) is 4.40 Å². The lowest BCUT2D eigenvalue weighted by Crippen LogP contribution is -1.96. The molecule has 0 radical (unpaired) electrons. The molecule has 0 aliphatic carbocycles. The number of hydrogen-bond acceptors (Lipinski definition) is 2. The Morgan fingerprint density at radius 3 is 1.98 bits per heavy atom. The molecule has 0 fully saturated rings. The van der Waals surface area contributed by atoms with Crippen LogP contribution in [-0.2, 0) is 0 Å². The highest BCUT2D eigenvalue weighted by Gasteiger charge is 2.22. The Bertz CT molecular complexity index is 3150. The number of benzene rings is 7. The minimum atomic E-state index is 0.960. The highest BCUT2D eigenvalue weighted by Crippen LogP contribution is 2.42. The average Bonchev–Trinajstić information content (AvgIpc) is 3.67. The number of para-hydroxylation sites is 1. The maximum absolute atomic E-state index is 5.55. The summed E-state index contributed by atoms with van der Waals surface area (Å²) in [6.07, 6.45) is 7.57. The summed E-state index contributed by atoms with van der Waals surface area (Å²) in [6, 6.07) is 61.0. The van der Waals surface area contributed by atoms with Crippen LogP contribution < -0.4 is 0 Å². The average molecular weight is 718 g/mol. The van der Waals surface area contributed by atoms with Crippen LogP contribution in [0.1, 0.15) is 25.8 Å². The molecular weight excluding hydrogens is 679 g/mol. The van der Waals surface area contributed by atoms with E-state index in [0.29, 0.717) is 0 Å². The lowest BCUT2D eigenvalue weighted by atomic mass is 9.95. The molecule has 0 saturated carbocycles. The molecule has 3 nitrogen and oxygen atoms in total.